The van der Waals surface area contributed by atoms with Gasteiger partial charge in [0.2, 0.25) is 0 Å². The van der Waals surface area contributed by atoms with Crippen molar-refractivity contribution in [3.8, 4) is 11.3 Å². The van der Waals surface area contributed by atoms with Crippen LogP contribution in [0.25, 0.3) is 11.3 Å². The number of carbonyl (C=O) groups is 1. The minimum atomic E-state index is -0.476. The zero-order chi connectivity index (χ0) is 16.1. The fourth-order valence-electron chi connectivity index (χ4n) is 2.13. The standard InChI is InChI=1S/C17H15N3O2S/c1-2-22-17(21)16-15(18-20-19-16)13-10-6-7-11-14(13)23-12-8-4-3-5-9-12/h3-11H,2H2,1H3,(H,18,19,20). The zero-order valence-electron chi connectivity index (χ0n) is 12.5. The maximum Gasteiger partial charge on any atom is 0.361 e. The summed E-state index contributed by atoms with van der Waals surface area (Å²) in [5, 5.41) is 10.6. The number of hydrogen-bond acceptors (Lipinski definition) is 5. The first-order chi connectivity index (χ1) is 11.3. The first-order valence-electron chi connectivity index (χ1n) is 7.19. The lowest BCUT2D eigenvalue weighted by atomic mass is 10.1. The van der Waals surface area contributed by atoms with Crippen molar-refractivity contribution in [2.45, 2.75) is 16.7 Å². The van der Waals surface area contributed by atoms with Crippen LogP contribution in [0, 0.1) is 0 Å². The number of aromatic amines is 1. The van der Waals surface area contributed by atoms with Crippen LogP contribution in [0.4, 0.5) is 0 Å². The van der Waals surface area contributed by atoms with E-state index >= 15 is 0 Å². The predicted molar refractivity (Wildman–Crippen MR) is 88.3 cm³/mol. The summed E-state index contributed by atoms with van der Waals surface area (Å²) in [6, 6.07) is 17.8. The van der Waals surface area contributed by atoms with Gasteiger partial charge in [0, 0.05) is 15.4 Å². The van der Waals surface area contributed by atoms with Crippen molar-refractivity contribution in [3.63, 3.8) is 0 Å². The highest BCUT2D eigenvalue weighted by Gasteiger charge is 2.21. The van der Waals surface area contributed by atoms with Crippen molar-refractivity contribution in [1.29, 1.82) is 0 Å². The number of carbonyl (C=O) groups excluding carboxylic acids is 1. The third-order valence-corrected chi connectivity index (χ3v) is 4.21. The molecule has 0 bridgehead atoms. The molecule has 23 heavy (non-hydrogen) atoms. The van der Waals surface area contributed by atoms with Crippen molar-refractivity contribution in [1.82, 2.24) is 15.4 Å². The molecule has 1 heterocycles. The summed E-state index contributed by atoms with van der Waals surface area (Å²) in [4.78, 5) is 14.1. The van der Waals surface area contributed by atoms with Gasteiger partial charge in [-0.25, -0.2) is 4.79 Å². The lowest BCUT2D eigenvalue weighted by Crippen LogP contribution is -2.07. The second-order valence-corrected chi connectivity index (χ2v) is 5.77. The first kappa shape index (κ1) is 15.3. The normalized spacial score (nSPS) is 10.5. The Balaban J connectivity index is 1.98. The summed E-state index contributed by atoms with van der Waals surface area (Å²) in [5.74, 6) is -0.476. The molecule has 0 aliphatic rings. The SMILES string of the molecule is CCOC(=O)c1n[nH]nc1-c1ccccc1Sc1ccccc1. The summed E-state index contributed by atoms with van der Waals surface area (Å²) in [5.41, 5.74) is 1.55. The van der Waals surface area contributed by atoms with E-state index in [-0.39, 0.29) is 5.69 Å². The van der Waals surface area contributed by atoms with E-state index in [0.29, 0.717) is 12.3 Å². The van der Waals surface area contributed by atoms with Gasteiger partial charge in [0.1, 0.15) is 5.69 Å². The van der Waals surface area contributed by atoms with Gasteiger partial charge in [-0.3, -0.25) is 0 Å². The zero-order valence-corrected chi connectivity index (χ0v) is 13.3. The summed E-state index contributed by atoms with van der Waals surface area (Å²) < 4.78 is 5.04. The smallest absolute Gasteiger partial charge is 0.361 e. The first-order valence-corrected chi connectivity index (χ1v) is 8.01. The van der Waals surface area contributed by atoms with Gasteiger partial charge < -0.3 is 4.74 Å². The number of H-pyrrole nitrogens is 1. The lowest BCUT2D eigenvalue weighted by molar-refractivity contribution is 0.0520. The summed E-state index contributed by atoms with van der Waals surface area (Å²) in [7, 11) is 0. The van der Waals surface area contributed by atoms with Crippen molar-refractivity contribution in [2.75, 3.05) is 6.61 Å². The molecule has 0 amide bonds. The number of ether oxygens (including phenoxy) is 1. The third kappa shape index (κ3) is 3.43. The van der Waals surface area contributed by atoms with E-state index in [1.54, 1.807) is 18.7 Å². The Kier molecular flexibility index (Phi) is 4.73. The number of esters is 1. The second-order valence-electron chi connectivity index (χ2n) is 4.65. The summed E-state index contributed by atoms with van der Waals surface area (Å²) >= 11 is 1.61. The number of hydrogen-bond donors (Lipinski definition) is 1. The van der Waals surface area contributed by atoms with Crippen LogP contribution in [0.5, 0.6) is 0 Å². The number of aromatic nitrogens is 3. The van der Waals surface area contributed by atoms with Crippen LogP contribution in [-0.2, 0) is 4.74 Å². The molecule has 0 saturated heterocycles. The second kappa shape index (κ2) is 7.11. The van der Waals surface area contributed by atoms with E-state index in [1.165, 1.54) is 0 Å². The average molecular weight is 325 g/mol. The topological polar surface area (TPSA) is 67.9 Å². The fraction of sp³-hybridized carbons (Fsp3) is 0.118. The minimum Gasteiger partial charge on any atom is -0.461 e. The van der Waals surface area contributed by atoms with Crippen molar-refractivity contribution >= 4 is 17.7 Å². The van der Waals surface area contributed by atoms with E-state index in [9.17, 15) is 4.79 Å². The Bertz CT molecular complexity index is 802. The van der Waals surface area contributed by atoms with Gasteiger partial charge in [-0.15, -0.1) is 5.10 Å². The number of rotatable bonds is 5. The number of nitrogens with zero attached hydrogens (tertiary/aromatic N) is 2. The summed E-state index contributed by atoms with van der Waals surface area (Å²) in [6.45, 7) is 2.06. The molecule has 0 aliphatic heterocycles. The molecule has 0 atom stereocenters. The Morgan fingerprint density at radius 1 is 1.09 bits per heavy atom. The fourth-order valence-corrected chi connectivity index (χ4v) is 3.10. The van der Waals surface area contributed by atoms with Gasteiger partial charge in [-0.2, -0.15) is 10.3 Å². The Morgan fingerprint density at radius 3 is 2.61 bits per heavy atom. The Hall–Kier alpha value is -2.60. The molecule has 3 aromatic rings. The molecular weight excluding hydrogens is 310 g/mol. The molecule has 116 valence electrons. The molecule has 0 radical (unpaired) electrons. The molecule has 2 aromatic carbocycles. The summed E-state index contributed by atoms with van der Waals surface area (Å²) in [6.07, 6.45) is 0. The van der Waals surface area contributed by atoms with Crippen molar-refractivity contribution < 1.29 is 9.53 Å². The van der Waals surface area contributed by atoms with Crippen LogP contribution in [0.2, 0.25) is 0 Å². The molecule has 1 N–H and O–H groups in total. The maximum absolute atomic E-state index is 12.0. The minimum absolute atomic E-state index is 0.202. The van der Waals surface area contributed by atoms with Gasteiger partial charge >= 0.3 is 5.97 Å². The highest BCUT2D eigenvalue weighted by Crippen LogP contribution is 2.35. The van der Waals surface area contributed by atoms with Crippen LogP contribution in [0.15, 0.2) is 64.4 Å². The lowest BCUT2D eigenvalue weighted by Gasteiger charge is -2.08. The molecular formula is C17H15N3O2S. The highest BCUT2D eigenvalue weighted by atomic mass is 32.2. The molecule has 6 heteroatoms. The van der Waals surface area contributed by atoms with E-state index in [0.717, 1.165) is 15.4 Å². The van der Waals surface area contributed by atoms with Crippen LogP contribution in [0.3, 0.4) is 0 Å². The molecule has 0 saturated carbocycles. The molecule has 5 nitrogen and oxygen atoms in total. The molecule has 0 aliphatic carbocycles. The van der Waals surface area contributed by atoms with E-state index < -0.39 is 5.97 Å². The van der Waals surface area contributed by atoms with E-state index in [4.69, 9.17) is 4.74 Å². The van der Waals surface area contributed by atoms with Crippen molar-refractivity contribution in [2.24, 2.45) is 0 Å². The van der Waals surface area contributed by atoms with Gasteiger partial charge in [-0.05, 0) is 25.1 Å². The maximum atomic E-state index is 12.0. The Labute approximate surface area is 138 Å². The molecule has 0 spiro atoms. The van der Waals surface area contributed by atoms with Crippen LogP contribution in [0.1, 0.15) is 17.4 Å². The van der Waals surface area contributed by atoms with Crippen LogP contribution >= 0.6 is 11.8 Å². The third-order valence-electron chi connectivity index (χ3n) is 3.13. The van der Waals surface area contributed by atoms with Crippen LogP contribution in [-0.4, -0.2) is 28.0 Å². The molecule has 3 rings (SSSR count). The molecule has 0 unspecified atom stereocenters. The predicted octanol–water partition coefficient (Wildman–Crippen LogP) is 3.80. The molecule has 0 fully saturated rings. The molecule has 1 aromatic heterocycles. The number of nitrogens with one attached hydrogen (secondary N) is 1. The van der Waals surface area contributed by atoms with Gasteiger partial charge in [0.15, 0.2) is 5.69 Å². The van der Waals surface area contributed by atoms with Crippen LogP contribution < -0.4 is 0 Å². The van der Waals surface area contributed by atoms with E-state index in [1.807, 2.05) is 54.6 Å². The van der Waals surface area contributed by atoms with Gasteiger partial charge in [0.05, 0.1) is 6.61 Å². The largest absolute Gasteiger partial charge is 0.461 e. The monoisotopic (exact) mass is 325 g/mol. The van der Waals surface area contributed by atoms with Gasteiger partial charge in [-0.1, -0.05) is 48.2 Å². The Morgan fingerprint density at radius 2 is 1.83 bits per heavy atom. The van der Waals surface area contributed by atoms with Gasteiger partial charge in [0.25, 0.3) is 0 Å². The average Bonchev–Trinajstić information content (AvgIpc) is 3.06. The number of benzene rings is 2. The quantitative estimate of drug-likeness (QED) is 0.723. The highest BCUT2D eigenvalue weighted by molar-refractivity contribution is 7.99. The van der Waals surface area contributed by atoms with Crippen molar-refractivity contribution in [3.05, 3.63) is 60.3 Å². The van der Waals surface area contributed by atoms with E-state index in [2.05, 4.69) is 15.4 Å².